The number of aromatic nitrogens is 3. The highest BCUT2D eigenvalue weighted by molar-refractivity contribution is 6.00. The summed E-state index contributed by atoms with van der Waals surface area (Å²) in [5.74, 6) is -3.15. The number of carbonyl (C=O) groups excluding carboxylic acids is 1. The maximum Gasteiger partial charge on any atom is 0.262 e. The van der Waals surface area contributed by atoms with E-state index in [1.54, 1.807) is 31.3 Å². The van der Waals surface area contributed by atoms with Gasteiger partial charge in [-0.3, -0.25) is 9.48 Å². The van der Waals surface area contributed by atoms with Gasteiger partial charge in [0, 0.05) is 19.5 Å². The fourth-order valence-corrected chi connectivity index (χ4v) is 1.67. The summed E-state index contributed by atoms with van der Waals surface area (Å²) in [6, 6.07) is 6.62. The van der Waals surface area contributed by atoms with Crippen LogP contribution in [0.1, 0.15) is 17.3 Å². The van der Waals surface area contributed by atoms with Crippen molar-refractivity contribution in [1.82, 2.24) is 20.1 Å². The van der Waals surface area contributed by atoms with Crippen molar-refractivity contribution in [3.8, 4) is 11.4 Å². The first kappa shape index (κ1) is 14.1. The molecule has 0 aliphatic rings. The van der Waals surface area contributed by atoms with Crippen molar-refractivity contribution in [2.75, 3.05) is 6.54 Å². The van der Waals surface area contributed by atoms with E-state index in [1.807, 2.05) is 0 Å². The van der Waals surface area contributed by atoms with Crippen LogP contribution in [0, 0.1) is 0 Å². The number of hydrogen-bond acceptors (Lipinski definition) is 3. The maximum absolute atomic E-state index is 12.8. The van der Waals surface area contributed by atoms with E-state index in [1.165, 1.54) is 11.0 Å². The molecular formula is C13H14F2N4O. The van der Waals surface area contributed by atoms with Crippen LogP contribution >= 0.6 is 0 Å². The first-order chi connectivity index (χ1) is 9.37. The van der Waals surface area contributed by atoms with Crippen LogP contribution in [0.15, 0.2) is 30.6 Å². The molecule has 0 saturated heterocycles. The van der Waals surface area contributed by atoms with Crippen LogP contribution in [0.4, 0.5) is 8.78 Å². The molecular weight excluding hydrogens is 266 g/mol. The molecule has 0 unspecified atom stereocenters. The lowest BCUT2D eigenvalue weighted by Gasteiger charge is -2.12. The third-order valence-corrected chi connectivity index (χ3v) is 2.57. The van der Waals surface area contributed by atoms with Crippen molar-refractivity contribution in [2.45, 2.75) is 12.8 Å². The minimum absolute atomic E-state index is 0.267. The smallest absolute Gasteiger partial charge is 0.262 e. The zero-order chi connectivity index (χ0) is 14.8. The second-order valence-corrected chi connectivity index (χ2v) is 4.54. The van der Waals surface area contributed by atoms with Crippen LogP contribution in [-0.2, 0) is 7.05 Å². The largest absolute Gasteiger partial charge is 0.346 e. The highest BCUT2D eigenvalue weighted by Gasteiger charge is 2.23. The molecule has 5 nitrogen and oxygen atoms in total. The molecule has 0 aliphatic heterocycles. The Morgan fingerprint density at radius 2 is 2.10 bits per heavy atom. The van der Waals surface area contributed by atoms with E-state index in [-0.39, 0.29) is 5.56 Å². The lowest BCUT2D eigenvalue weighted by atomic mass is 10.1. The first-order valence-electron chi connectivity index (χ1n) is 5.98. The standard InChI is InChI=1S/C13H14F2N4O/c1-13(14,15)7-16-12(20)10-6-4-3-5-9(10)11-17-8-19(2)18-11/h3-6,8H,7H2,1-2H3,(H,16,20). The molecule has 0 saturated carbocycles. The van der Waals surface area contributed by atoms with Crippen molar-refractivity contribution < 1.29 is 13.6 Å². The van der Waals surface area contributed by atoms with Crippen LogP contribution in [-0.4, -0.2) is 33.1 Å². The lowest BCUT2D eigenvalue weighted by Crippen LogP contribution is -2.34. The lowest BCUT2D eigenvalue weighted by molar-refractivity contribution is 0.0221. The number of alkyl halides is 2. The number of hydrogen-bond donors (Lipinski definition) is 1. The molecule has 0 aliphatic carbocycles. The summed E-state index contributed by atoms with van der Waals surface area (Å²) in [4.78, 5) is 16.0. The van der Waals surface area contributed by atoms with Gasteiger partial charge in [0.2, 0.25) is 0 Å². The second-order valence-electron chi connectivity index (χ2n) is 4.54. The molecule has 1 amide bonds. The number of aryl methyl sites for hydroxylation is 1. The van der Waals surface area contributed by atoms with Gasteiger partial charge >= 0.3 is 0 Å². The van der Waals surface area contributed by atoms with Gasteiger partial charge < -0.3 is 5.32 Å². The minimum Gasteiger partial charge on any atom is -0.346 e. The molecule has 1 N–H and O–H groups in total. The summed E-state index contributed by atoms with van der Waals surface area (Å²) < 4.78 is 27.1. The maximum atomic E-state index is 12.8. The van der Waals surface area contributed by atoms with Crippen molar-refractivity contribution in [3.63, 3.8) is 0 Å². The Balaban J connectivity index is 2.26. The van der Waals surface area contributed by atoms with Gasteiger partial charge in [-0.25, -0.2) is 13.8 Å². The number of amides is 1. The van der Waals surface area contributed by atoms with E-state index in [0.29, 0.717) is 11.4 Å². The molecule has 1 heterocycles. The summed E-state index contributed by atoms with van der Waals surface area (Å²) >= 11 is 0. The van der Waals surface area contributed by atoms with Crippen LogP contribution in [0.2, 0.25) is 0 Å². The van der Waals surface area contributed by atoms with Crippen molar-refractivity contribution in [1.29, 1.82) is 0 Å². The molecule has 7 heteroatoms. The van der Waals surface area contributed by atoms with Crippen molar-refractivity contribution in [3.05, 3.63) is 36.2 Å². The van der Waals surface area contributed by atoms with E-state index < -0.39 is 18.4 Å². The van der Waals surface area contributed by atoms with Gasteiger partial charge in [0.15, 0.2) is 5.82 Å². The third kappa shape index (κ3) is 3.37. The summed E-state index contributed by atoms with van der Waals surface area (Å²) in [6.07, 6.45) is 1.50. The molecule has 20 heavy (non-hydrogen) atoms. The zero-order valence-corrected chi connectivity index (χ0v) is 11.1. The van der Waals surface area contributed by atoms with Gasteiger partial charge in [-0.15, -0.1) is 0 Å². The Hall–Kier alpha value is -2.31. The summed E-state index contributed by atoms with van der Waals surface area (Å²) in [5.41, 5.74) is 0.771. The van der Waals surface area contributed by atoms with Crippen molar-refractivity contribution in [2.24, 2.45) is 7.05 Å². The molecule has 0 atom stereocenters. The predicted octanol–water partition coefficient (Wildman–Crippen LogP) is 1.87. The third-order valence-electron chi connectivity index (χ3n) is 2.57. The molecule has 1 aromatic heterocycles. The fraction of sp³-hybridized carbons (Fsp3) is 0.308. The minimum atomic E-state index is -2.95. The van der Waals surface area contributed by atoms with Gasteiger partial charge in [0.25, 0.3) is 11.8 Å². The molecule has 1 aromatic carbocycles. The average molecular weight is 280 g/mol. The first-order valence-corrected chi connectivity index (χ1v) is 5.98. The summed E-state index contributed by atoms with van der Waals surface area (Å²) in [7, 11) is 1.71. The van der Waals surface area contributed by atoms with E-state index in [2.05, 4.69) is 15.4 Å². The summed E-state index contributed by atoms with van der Waals surface area (Å²) in [5, 5.41) is 6.31. The summed E-state index contributed by atoms with van der Waals surface area (Å²) in [6.45, 7) is 0.0370. The van der Waals surface area contributed by atoms with E-state index >= 15 is 0 Å². The number of halogens is 2. The predicted molar refractivity (Wildman–Crippen MR) is 69.4 cm³/mol. The van der Waals surface area contributed by atoms with Gasteiger partial charge in [0.05, 0.1) is 12.1 Å². The average Bonchev–Trinajstić information content (AvgIpc) is 2.82. The fourth-order valence-electron chi connectivity index (χ4n) is 1.67. The monoisotopic (exact) mass is 280 g/mol. The quantitative estimate of drug-likeness (QED) is 0.930. The Labute approximate surface area is 114 Å². The second kappa shape index (κ2) is 5.36. The molecule has 0 radical (unpaired) electrons. The highest BCUT2D eigenvalue weighted by Crippen LogP contribution is 2.20. The number of nitrogens with zero attached hydrogens (tertiary/aromatic N) is 3. The van der Waals surface area contributed by atoms with Gasteiger partial charge in [0.1, 0.15) is 6.33 Å². The van der Waals surface area contributed by atoms with Gasteiger partial charge in [-0.05, 0) is 6.07 Å². The van der Waals surface area contributed by atoms with Crippen LogP contribution in [0.3, 0.4) is 0 Å². The number of carbonyl (C=O) groups is 1. The molecule has 0 bridgehead atoms. The normalized spacial score (nSPS) is 11.4. The van der Waals surface area contributed by atoms with Crippen molar-refractivity contribution >= 4 is 5.91 Å². The number of benzene rings is 1. The molecule has 0 spiro atoms. The Kier molecular flexibility index (Phi) is 3.78. The van der Waals surface area contributed by atoms with Gasteiger partial charge in [-0.2, -0.15) is 5.10 Å². The Bertz CT molecular complexity index is 619. The Morgan fingerprint density at radius 1 is 1.40 bits per heavy atom. The molecule has 0 fully saturated rings. The molecule has 2 rings (SSSR count). The zero-order valence-electron chi connectivity index (χ0n) is 11.1. The molecule has 106 valence electrons. The van der Waals surface area contributed by atoms with Gasteiger partial charge in [-0.1, -0.05) is 18.2 Å². The van der Waals surface area contributed by atoms with E-state index in [4.69, 9.17) is 0 Å². The van der Waals surface area contributed by atoms with Crippen LogP contribution in [0.5, 0.6) is 0 Å². The SMILES string of the molecule is Cn1cnc(-c2ccccc2C(=O)NCC(C)(F)F)n1. The number of rotatable bonds is 4. The highest BCUT2D eigenvalue weighted by atomic mass is 19.3. The van der Waals surface area contributed by atoms with Crippen LogP contribution in [0.25, 0.3) is 11.4 Å². The van der Waals surface area contributed by atoms with Crippen LogP contribution < -0.4 is 5.32 Å². The Morgan fingerprint density at radius 3 is 2.70 bits per heavy atom. The van der Waals surface area contributed by atoms with E-state index in [0.717, 1.165) is 6.92 Å². The molecule has 2 aromatic rings. The number of nitrogens with one attached hydrogen (secondary N) is 1. The van der Waals surface area contributed by atoms with E-state index in [9.17, 15) is 13.6 Å². The topological polar surface area (TPSA) is 59.8 Å².